The molecule has 0 aliphatic rings. The molecule has 0 spiro atoms. The summed E-state index contributed by atoms with van der Waals surface area (Å²) in [4.78, 5) is 24.5. The Morgan fingerprint density at radius 3 is 2.21 bits per heavy atom. The number of ether oxygens (including phenoxy) is 2. The van der Waals surface area contributed by atoms with Crippen molar-refractivity contribution in [2.24, 2.45) is 0 Å². The summed E-state index contributed by atoms with van der Waals surface area (Å²) in [6.45, 7) is 1.33. The molecule has 1 amide bonds. The largest absolute Gasteiger partial charge is 0.495 e. The molecular weight excluding hydrogens is 444 g/mol. The topological polar surface area (TPSA) is 102 Å². The van der Waals surface area contributed by atoms with E-state index in [9.17, 15) is 18.0 Å². The zero-order valence-electron chi connectivity index (χ0n) is 18.4. The standard InChI is InChI=1S/C24H24N2O6S/c1-17-9-14-22(31-2)21(15-17)26(33(29,30)20-7-5-4-6-8-20)16-23(27)25-19-12-10-18(11-13-19)24(28)32-3/h4-15H,16H2,1-3H3,(H,25,27). The number of amides is 1. The van der Waals surface area contributed by atoms with Gasteiger partial charge in [-0.15, -0.1) is 0 Å². The predicted molar refractivity (Wildman–Crippen MR) is 125 cm³/mol. The molecule has 0 aliphatic carbocycles. The Morgan fingerprint density at radius 2 is 1.61 bits per heavy atom. The third-order valence-corrected chi connectivity index (χ3v) is 6.59. The van der Waals surface area contributed by atoms with Gasteiger partial charge < -0.3 is 14.8 Å². The monoisotopic (exact) mass is 468 g/mol. The van der Waals surface area contributed by atoms with E-state index in [1.807, 2.05) is 6.92 Å². The van der Waals surface area contributed by atoms with Crippen molar-refractivity contribution in [2.75, 3.05) is 30.4 Å². The van der Waals surface area contributed by atoms with Crippen LogP contribution in [0.2, 0.25) is 0 Å². The van der Waals surface area contributed by atoms with E-state index in [1.165, 1.54) is 50.6 Å². The fraction of sp³-hybridized carbons (Fsp3) is 0.167. The Morgan fingerprint density at radius 1 is 0.939 bits per heavy atom. The minimum absolute atomic E-state index is 0.0452. The van der Waals surface area contributed by atoms with Gasteiger partial charge in [-0.2, -0.15) is 0 Å². The number of rotatable bonds is 8. The van der Waals surface area contributed by atoms with Crippen molar-refractivity contribution in [3.05, 3.63) is 83.9 Å². The van der Waals surface area contributed by atoms with Gasteiger partial charge in [0.15, 0.2) is 0 Å². The first kappa shape index (κ1) is 23.8. The van der Waals surface area contributed by atoms with Crippen LogP contribution in [0.5, 0.6) is 5.75 Å². The van der Waals surface area contributed by atoms with E-state index < -0.39 is 28.4 Å². The third-order valence-electron chi connectivity index (χ3n) is 4.81. The van der Waals surface area contributed by atoms with Crippen molar-refractivity contribution in [1.29, 1.82) is 0 Å². The van der Waals surface area contributed by atoms with Crippen LogP contribution >= 0.6 is 0 Å². The lowest BCUT2D eigenvalue weighted by molar-refractivity contribution is -0.114. The van der Waals surface area contributed by atoms with Gasteiger partial charge in [-0.1, -0.05) is 24.3 Å². The number of methoxy groups -OCH3 is 2. The van der Waals surface area contributed by atoms with Crippen LogP contribution in [0.25, 0.3) is 0 Å². The minimum Gasteiger partial charge on any atom is -0.495 e. The maximum Gasteiger partial charge on any atom is 0.337 e. The first-order valence-electron chi connectivity index (χ1n) is 9.97. The summed E-state index contributed by atoms with van der Waals surface area (Å²) in [6.07, 6.45) is 0. The number of aryl methyl sites for hydroxylation is 1. The number of sulfonamides is 1. The molecule has 3 aromatic rings. The van der Waals surface area contributed by atoms with E-state index in [4.69, 9.17) is 4.74 Å². The van der Waals surface area contributed by atoms with E-state index in [-0.39, 0.29) is 10.6 Å². The molecule has 172 valence electrons. The molecule has 0 radical (unpaired) electrons. The van der Waals surface area contributed by atoms with Crippen molar-refractivity contribution in [3.63, 3.8) is 0 Å². The van der Waals surface area contributed by atoms with Gasteiger partial charge in [0.1, 0.15) is 12.3 Å². The second kappa shape index (κ2) is 10.2. The van der Waals surface area contributed by atoms with Crippen molar-refractivity contribution in [1.82, 2.24) is 0 Å². The molecule has 1 N–H and O–H groups in total. The number of carbonyl (C=O) groups is 2. The van der Waals surface area contributed by atoms with Gasteiger partial charge in [-0.3, -0.25) is 9.10 Å². The molecule has 0 saturated heterocycles. The molecule has 0 aliphatic heterocycles. The Hall–Kier alpha value is -3.85. The van der Waals surface area contributed by atoms with Crippen molar-refractivity contribution < 1.29 is 27.5 Å². The Bertz CT molecular complexity index is 1240. The number of benzene rings is 3. The zero-order valence-corrected chi connectivity index (χ0v) is 19.3. The van der Waals surface area contributed by atoms with Crippen LogP contribution in [0, 0.1) is 6.92 Å². The number of nitrogens with one attached hydrogen (secondary N) is 1. The third kappa shape index (κ3) is 5.50. The summed E-state index contributed by atoms with van der Waals surface area (Å²) in [6, 6.07) is 19.0. The molecule has 0 heterocycles. The molecular formula is C24H24N2O6S. The minimum atomic E-state index is -4.08. The number of anilines is 2. The van der Waals surface area contributed by atoms with Gasteiger partial charge in [0, 0.05) is 5.69 Å². The van der Waals surface area contributed by atoms with Gasteiger partial charge in [0.05, 0.1) is 30.4 Å². The lowest BCUT2D eigenvalue weighted by Gasteiger charge is -2.26. The van der Waals surface area contributed by atoms with E-state index in [0.717, 1.165) is 9.87 Å². The number of hydrogen-bond donors (Lipinski definition) is 1. The highest BCUT2D eigenvalue weighted by atomic mass is 32.2. The van der Waals surface area contributed by atoms with E-state index in [1.54, 1.807) is 36.4 Å². The Labute approximate surface area is 192 Å². The first-order valence-corrected chi connectivity index (χ1v) is 11.4. The molecule has 0 bridgehead atoms. The van der Waals surface area contributed by atoms with Gasteiger partial charge in [-0.05, 0) is 61.0 Å². The number of hydrogen-bond acceptors (Lipinski definition) is 6. The summed E-state index contributed by atoms with van der Waals surface area (Å²) < 4.78 is 38.0. The second-order valence-electron chi connectivity index (χ2n) is 7.12. The Balaban J connectivity index is 1.94. The van der Waals surface area contributed by atoms with Gasteiger partial charge in [0.25, 0.3) is 10.0 Å². The van der Waals surface area contributed by atoms with Crippen LogP contribution in [0.15, 0.2) is 77.7 Å². The molecule has 8 nitrogen and oxygen atoms in total. The van der Waals surface area contributed by atoms with Crippen LogP contribution in [0.4, 0.5) is 11.4 Å². The molecule has 33 heavy (non-hydrogen) atoms. The van der Waals surface area contributed by atoms with E-state index in [0.29, 0.717) is 17.0 Å². The van der Waals surface area contributed by atoms with Crippen molar-refractivity contribution in [3.8, 4) is 5.75 Å². The highest BCUT2D eigenvalue weighted by Gasteiger charge is 2.29. The van der Waals surface area contributed by atoms with Crippen molar-refractivity contribution in [2.45, 2.75) is 11.8 Å². The molecule has 0 fully saturated rings. The molecule has 9 heteroatoms. The average molecular weight is 469 g/mol. The van der Waals surface area contributed by atoms with Crippen LogP contribution in [-0.4, -0.2) is 41.1 Å². The molecule has 3 rings (SSSR count). The highest BCUT2D eigenvalue weighted by Crippen LogP contribution is 2.33. The lowest BCUT2D eigenvalue weighted by Crippen LogP contribution is -2.38. The SMILES string of the molecule is COC(=O)c1ccc(NC(=O)CN(c2cc(C)ccc2OC)S(=O)(=O)c2ccccc2)cc1. The summed E-state index contributed by atoms with van der Waals surface area (Å²) in [7, 11) is -1.37. The van der Waals surface area contributed by atoms with Gasteiger partial charge in [0.2, 0.25) is 5.91 Å². The molecule has 0 atom stereocenters. The van der Waals surface area contributed by atoms with Gasteiger partial charge >= 0.3 is 5.97 Å². The molecule has 0 saturated carbocycles. The first-order chi connectivity index (χ1) is 15.8. The average Bonchev–Trinajstić information content (AvgIpc) is 2.83. The van der Waals surface area contributed by atoms with Crippen LogP contribution < -0.4 is 14.4 Å². The van der Waals surface area contributed by atoms with Crippen LogP contribution in [0.1, 0.15) is 15.9 Å². The lowest BCUT2D eigenvalue weighted by atomic mass is 10.2. The fourth-order valence-electron chi connectivity index (χ4n) is 3.15. The summed E-state index contributed by atoms with van der Waals surface area (Å²) in [5.74, 6) is -0.751. The normalized spacial score (nSPS) is 10.9. The fourth-order valence-corrected chi connectivity index (χ4v) is 4.60. The summed E-state index contributed by atoms with van der Waals surface area (Å²) in [5, 5.41) is 2.66. The van der Waals surface area contributed by atoms with E-state index in [2.05, 4.69) is 10.1 Å². The van der Waals surface area contributed by atoms with Crippen LogP contribution in [0.3, 0.4) is 0 Å². The molecule has 0 unspecified atom stereocenters. The quantitative estimate of drug-likeness (QED) is 0.507. The zero-order chi connectivity index (χ0) is 24.0. The molecule has 3 aromatic carbocycles. The second-order valence-corrected chi connectivity index (χ2v) is 8.98. The number of nitrogens with zero attached hydrogens (tertiary/aromatic N) is 1. The maximum atomic E-state index is 13.5. The van der Waals surface area contributed by atoms with Gasteiger partial charge in [-0.25, -0.2) is 13.2 Å². The van der Waals surface area contributed by atoms with Crippen LogP contribution in [-0.2, 0) is 19.6 Å². The number of esters is 1. The number of carbonyl (C=O) groups excluding carboxylic acids is 2. The predicted octanol–water partition coefficient (Wildman–Crippen LogP) is 3.62. The van der Waals surface area contributed by atoms with E-state index >= 15 is 0 Å². The van der Waals surface area contributed by atoms with Crippen molar-refractivity contribution >= 4 is 33.3 Å². The summed E-state index contributed by atoms with van der Waals surface area (Å²) >= 11 is 0. The Kier molecular flexibility index (Phi) is 7.34. The maximum absolute atomic E-state index is 13.5. The molecule has 0 aromatic heterocycles. The smallest absolute Gasteiger partial charge is 0.337 e. The summed E-state index contributed by atoms with van der Waals surface area (Å²) in [5.41, 5.74) is 1.78. The highest BCUT2D eigenvalue weighted by molar-refractivity contribution is 7.92.